The average Bonchev–Trinajstić information content (AvgIpc) is 2.78. The van der Waals surface area contributed by atoms with Crippen LogP contribution in [-0.4, -0.2) is 19.3 Å². The molecule has 0 radical (unpaired) electrons. The van der Waals surface area contributed by atoms with Gasteiger partial charge in [0.2, 0.25) is 0 Å². The molecule has 2 nitrogen and oxygen atoms in total. The van der Waals surface area contributed by atoms with Crippen LogP contribution in [0.15, 0.2) is 0 Å². The van der Waals surface area contributed by atoms with Gasteiger partial charge in [-0.2, -0.15) is 0 Å². The number of hydrogen-bond donors (Lipinski definition) is 1. The summed E-state index contributed by atoms with van der Waals surface area (Å²) in [6.07, 6.45) is 3.75. The molecule has 0 amide bonds. The molecule has 0 bridgehead atoms. The van der Waals surface area contributed by atoms with Gasteiger partial charge in [0.1, 0.15) is 0 Å². The van der Waals surface area contributed by atoms with Crippen LogP contribution in [-0.2, 0) is 4.74 Å². The lowest BCUT2D eigenvalue weighted by Crippen LogP contribution is -2.29. The first kappa shape index (κ1) is 11.0. The van der Waals surface area contributed by atoms with Crippen LogP contribution in [0, 0.1) is 11.3 Å². The summed E-state index contributed by atoms with van der Waals surface area (Å²) in [5, 5.41) is 0. The van der Waals surface area contributed by atoms with Gasteiger partial charge in [-0.15, -0.1) is 0 Å². The van der Waals surface area contributed by atoms with Crippen LogP contribution >= 0.6 is 0 Å². The monoisotopic (exact) mass is 185 g/mol. The fraction of sp³-hybridized carbons (Fsp3) is 1.00. The topological polar surface area (TPSA) is 35.2 Å². The molecule has 0 spiro atoms. The fourth-order valence-corrected chi connectivity index (χ4v) is 1.69. The Morgan fingerprint density at radius 1 is 1.31 bits per heavy atom. The van der Waals surface area contributed by atoms with Crippen LogP contribution in [0.2, 0.25) is 0 Å². The van der Waals surface area contributed by atoms with Crippen molar-refractivity contribution in [1.29, 1.82) is 0 Å². The Kier molecular flexibility index (Phi) is 3.74. The molecule has 1 aliphatic carbocycles. The summed E-state index contributed by atoms with van der Waals surface area (Å²) in [6, 6.07) is 0.343. The van der Waals surface area contributed by atoms with E-state index in [-0.39, 0.29) is 0 Å². The Morgan fingerprint density at radius 2 is 1.92 bits per heavy atom. The summed E-state index contributed by atoms with van der Waals surface area (Å²) in [6.45, 7) is 8.25. The standard InChI is InChI=1S/C11H23NO/c1-9(2)8-13-7-6-11(4-5-11)10(3)12/h9-10H,4-8,12H2,1-3H3. The van der Waals surface area contributed by atoms with E-state index in [1.54, 1.807) is 0 Å². The zero-order valence-electron chi connectivity index (χ0n) is 9.18. The van der Waals surface area contributed by atoms with Crippen LogP contribution in [0.1, 0.15) is 40.0 Å². The highest BCUT2D eigenvalue weighted by Gasteiger charge is 2.45. The van der Waals surface area contributed by atoms with Gasteiger partial charge in [0, 0.05) is 19.3 Å². The maximum Gasteiger partial charge on any atom is 0.0488 e. The van der Waals surface area contributed by atoms with E-state index in [1.165, 1.54) is 12.8 Å². The van der Waals surface area contributed by atoms with Gasteiger partial charge in [-0.1, -0.05) is 13.8 Å². The highest BCUT2D eigenvalue weighted by molar-refractivity contribution is 4.98. The normalized spacial score (nSPS) is 21.9. The average molecular weight is 185 g/mol. The van der Waals surface area contributed by atoms with Crippen LogP contribution in [0.5, 0.6) is 0 Å². The molecule has 2 heteroatoms. The minimum atomic E-state index is 0.343. The summed E-state index contributed by atoms with van der Waals surface area (Å²) in [5.41, 5.74) is 6.36. The molecule has 1 fully saturated rings. The second-order valence-corrected chi connectivity index (χ2v) is 4.87. The highest BCUT2D eigenvalue weighted by atomic mass is 16.5. The van der Waals surface area contributed by atoms with Gasteiger partial charge in [-0.05, 0) is 37.5 Å². The zero-order chi connectivity index (χ0) is 9.90. The van der Waals surface area contributed by atoms with Crippen molar-refractivity contribution < 1.29 is 4.74 Å². The predicted octanol–water partition coefficient (Wildman–Crippen LogP) is 2.18. The lowest BCUT2D eigenvalue weighted by molar-refractivity contribution is 0.0920. The molecular formula is C11H23NO. The molecule has 0 aromatic rings. The molecule has 1 rings (SSSR count). The fourth-order valence-electron chi connectivity index (χ4n) is 1.69. The molecule has 0 aliphatic heterocycles. The second kappa shape index (κ2) is 4.43. The van der Waals surface area contributed by atoms with E-state index >= 15 is 0 Å². The number of nitrogens with two attached hydrogens (primary N) is 1. The summed E-state index contributed by atoms with van der Waals surface area (Å²) >= 11 is 0. The molecule has 1 saturated carbocycles. The maximum atomic E-state index is 5.92. The molecule has 0 saturated heterocycles. The smallest absolute Gasteiger partial charge is 0.0488 e. The zero-order valence-corrected chi connectivity index (χ0v) is 9.18. The first-order valence-electron chi connectivity index (χ1n) is 5.40. The largest absolute Gasteiger partial charge is 0.381 e. The Labute approximate surface area is 81.8 Å². The maximum absolute atomic E-state index is 5.92. The van der Waals surface area contributed by atoms with Crippen molar-refractivity contribution in [3.8, 4) is 0 Å². The van der Waals surface area contributed by atoms with Gasteiger partial charge in [-0.25, -0.2) is 0 Å². The molecular weight excluding hydrogens is 162 g/mol. The molecule has 2 N–H and O–H groups in total. The molecule has 0 heterocycles. The molecule has 1 aliphatic rings. The first-order chi connectivity index (χ1) is 6.07. The molecule has 1 atom stereocenters. The summed E-state index contributed by atoms with van der Waals surface area (Å²) in [7, 11) is 0. The van der Waals surface area contributed by atoms with Crippen molar-refractivity contribution in [3.63, 3.8) is 0 Å². The van der Waals surface area contributed by atoms with Crippen molar-refractivity contribution >= 4 is 0 Å². The van der Waals surface area contributed by atoms with E-state index in [1.807, 2.05) is 0 Å². The van der Waals surface area contributed by atoms with Gasteiger partial charge < -0.3 is 10.5 Å². The number of ether oxygens (including phenoxy) is 1. The number of hydrogen-bond acceptors (Lipinski definition) is 2. The van der Waals surface area contributed by atoms with Crippen molar-refractivity contribution in [1.82, 2.24) is 0 Å². The summed E-state index contributed by atoms with van der Waals surface area (Å²) in [4.78, 5) is 0. The summed E-state index contributed by atoms with van der Waals surface area (Å²) < 4.78 is 5.57. The van der Waals surface area contributed by atoms with Gasteiger partial charge in [0.05, 0.1) is 0 Å². The van der Waals surface area contributed by atoms with Crippen molar-refractivity contribution in [2.24, 2.45) is 17.1 Å². The SMILES string of the molecule is CC(C)COCCC1(C(C)N)CC1. The van der Waals surface area contributed by atoms with E-state index in [0.717, 1.165) is 19.6 Å². The number of rotatable bonds is 6. The Hall–Kier alpha value is -0.0800. The third-order valence-electron chi connectivity index (χ3n) is 3.05. The van der Waals surface area contributed by atoms with Crippen LogP contribution < -0.4 is 5.73 Å². The molecule has 0 aromatic carbocycles. The lowest BCUT2D eigenvalue weighted by Gasteiger charge is -2.19. The Morgan fingerprint density at radius 3 is 2.31 bits per heavy atom. The lowest BCUT2D eigenvalue weighted by atomic mass is 9.95. The van der Waals surface area contributed by atoms with E-state index in [0.29, 0.717) is 17.4 Å². The minimum absolute atomic E-state index is 0.343. The molecule has 13 heavy (non-hydrogen) atoms. The first-order valence-corrected chi connectivity index (χ1v) is 5.40. The molecule has 1 unspecified atom stereocenters. The van der Waals surface area contributed by atoms with Gasteiger partial charge >= 0.3 is 0 Å². The Bertz CT molecular complexity index is 150. The molecule has 0 aromatic heterocycles. The van der Waals surface area contributed by atoms with Crippen molar-refractivity contribution in [2.75, 3.05) is 13.2 Å². The van der Waals surface area contributed by atoms with Crippen molar-refractivity contribution in [3.05, 3.63) is 0 Å². The molecule has 78 valence electrons. The van der Waals surface area contributed by atoms with Crippen molar-refractivity contribution in [2.45, 2.75) is 46.1 Å². The van der Waals surface area contributed by atoms with E-state index in [2.05, 4.69) is 20.8 Å². The van der Waals surface area contributed by atoms with E-state index < -0.39 is 0 Å². The van der Waals surface area contributed by atoms with Crippen LogP contribution in [0.4, 0.5) is 0 Å². The third-order valence-corrected chi connectivity index (χ3v) is 3.05. The van der Waals surface area contributed by atoms with Gasteiger partial charge in [0.25, 0.3) is 0 Å². The van der Waals surface area contributed by atoms with Gasteiger partial charge in [-0.3, -0.25) is 0 Å². The van der Waals surface area contributed by atoms with Crippen LogP contribution in [0.3, 0.4) is 0 Å². The van der Waals surface area contributed by atoms with Crippen LogP contribution in [0.25, 0.3) is 0 Å². The quantitative estimate of drug-likeness (QED) is 0.644. The van der Waals surface area contributed by atoms with Gasteiger partial charge in [0.15, 0.2) is 0 Å². The predicted molar refractivity (Wildman–Crippen MR) is 55.6 cm³/mol. The van der Waals surface area contributed by atoms with E-state index in [9.17, 15) is 0 Å². The second-order valence-electron chi connectivity index (χ2n) is 4.87. The van der Waals surface area contributed by atoms with E-state index in [4.69, 9.17) is 10.5 Å². The summed E-state index contributed by atoms with van der Waals surface area (Å²) in [5.74, 6) is 0.644. The highest BCUT2D eigenvalue weighted by Crippen LogP contribution is 2.50. The Balaban J connectivity index is 2.06. The third kappa shape index (κ3) is 3.28. The minimum Gasteiger partial charge on any atom is -0.381 e.